The maximum Gasteiger partial charge on any atom is 0.282 e. The predicted molar refractivity (Wildman–Crippen MR) is 96.1 cm³/mol. The number of hydrogen-bond donors (Lipinski definition) is 2. The number of nitrogens with one attached hydrogen (secondary N) is 2. The van der Waals surface area contributed by atoms with Crippen LogP contribution in [0, 0.1) is 5.41 Å². The second-order valence-corrected chi connectivity index (χ2v) is 7.24. The van der Waals surface area contributed by atoms with Gasteiger partial charge in [0.15, 0.2) is 0 Å². The molecule has 0 unspecified atom stereocenters. The van der Waals surface area contributed by atoms with Crippen molar-refractivity contribution in [1.29, 1.82) is 5.41 Å². The quantitative estimate of drug-likeness (QED) is 0.539. The van der Waals surface area contributed by atoms with Crippen LogP contribution in [0.5, 0.6) is 0 Å². The summed E-state index contributed by atoms with van der Waals surface area (Å²) < 4.78 is 3.17. The molecule has 0 spiro atoms. The average Bonchev–Trinajstić information content (AvgIpc) is 3.23. The average molecular weight is 338 g/mol. The summed E-state index contributed by atoms with van der Waals surface area (Å²) in [5.41, 5.74) is 0.647. The summed E-state index contributed by atoms with van der Waals surface area (Å²) in [5.74, 6) is 0. The number of fused-ring (bicyclic) bond motifs is 1. The molecule has 23 heavy (non-hydrogen) atoms. The molecule has 2 N–H and O–H groups in total. The maximum atomic E-state index is 12.6. The number of H-pyrrole nitrogens is 1. The molecule has 2 radical (unpaired) electrons. The first-order valence-corrected chi connectivity index (χ1v) is 8.69. The SMILES string of the molecule is [B]c1ccc(-c2[nH]n(-c3nc4c(s3)=CCCC=4)c(=O)c2C=N)s1. The lowest BCUT2D eigenvalue weighted by atomic mass is 10.1. The number of thiophene rings is 1. The third-order valence-corrected chi connectivity index (χ3v) is 5.62. The van der Waals surface area contributed by atoms with Crippen molar-refractivity contribution in [2.75, 3.05) is 0 Å². The largest absolute Gasteiger partial charge is 0.308 e. The fourth-order valence-electron chi connectivity index (χ4n) is 2.55. The highest BCUT2D eigenvalue weighted by Gasteiger charge is 2.18. The van der Waals surface area contributed by atoms with Crippen molar-refractivity contribution in [2.45, 2.75) is 12.8 Å². The van der Waals surface area contributed by atoms with Gasteiger partial charge in [-0.1, -0.05) is 29.6 Å². The van der Waals surface area contributed by atoms with Gasteiger partial charge in [0.1, 0.15) is 7.85 Å². The molecule has 1 aliphatic rings. The monoisotopic (exact) mass is 338 g/mol. The van der Waals surface area contributed by atoms with Gasteiger partial charge in [-0.2, -0.15) is 16.0 Å². The van der Waals surface area contributed by atoms with Crippen molar-refractivity contribution in [3.05, 3.63) is 37.9 Å². The molecule has 4 rings (SSSR count). The van der Waals surface area contributed by atoms with E-state index < -0.39 is 0 Å². The van der Waals surface area contributed by atoms with Gasteiger partial charge in [0.05, 0.1) is 26.0 Å². The summed E-state index contributed by atoms with van der Waals surface area (Å²) in [7, 11) is 5.77. The van der Waals surface area contributed by atoms with Gasteiger partial charge in [-0.3, -0.25) is 9.89 Å². The molecule has 0 saturated heterocycles. The highest BCUT2D eigenvalue weighted by molar-refractivity contribution is 7.23. The van der Waals surface area contributed by atoms with Crippen LogP contribution in [0.4, 0.5) is 0 Å². The second-order valence-electron chi connectivity index (χ2n) is 5.12. The number of hydrogen-bond acceptors (Lipinski definition) is 5. The van der Waals surface area contributed by atoms with Gasteiger partial charge in [-0.25, -0.2) is 4.98 Å². The Bertz CT molecular complexity index is 1050. The highest BCUT2D eigenvalue weighted by atomic mass is 32.1. The minimum Gasteiger partial charge on any atom is -0.308 e. The van der Waals surface area contributed by atoms with Crippen LogP contribution < -0.4 is 20.2 Å². The minimum absolute atomic E-state index is 0.270. The summed E-state index contributed by atoms with van der Waals surface area (Å²) in [6.45, 7) is 0. The third kappa shape index (κ3) is 2.34. The van der Waals surface area contributed by atoms with Crippen LogP contribution in [-0.2, 0) is 0 Å². The Morgan fingerprint density at radius 2 is 2.13 bits per heavy atom. The molecule has 1 aliphatic carbocycles. The number of nitrogens with zero attached hydrogens (tertiary/aromatic N) is 2. The molecule has 0 amide bonds. The molecule has 0 fully saturated rings. The van der Waals surface area contributed by atoms with Crippen molar-refractivity contribution in [3.63, 3.8) is 0 Å². The zero-order valence-corrected chi connectivity index (χ0v) is 13.6. The van der Waals surface area contributed by atoms with Gasteiger partial charge >= 0.3 is 0 Å². The summed E-state index contributed by atoms with van der Waals surface area (Å²) in [5, 5.41) is 12.2. The lowest BCUT2D eigenvalue weighted by molar-refractivity contribution is 0.839. The first-order chi connectivity index (χ1) is 11.2. The third-order valence-electron chi connectivity index (χ3n) is 3.64. The van der Waals surface area contributed by atoms with Gasteiger partial charge in [0, 0.05) is 6.21 Å². The number of rotatable bonds is 3. The predicted octanol–water partition coefficient (Wildman–Crippen LogP) is 0.497. The first-order valence-electron chi connectivity index (χ1n) is 7.06. The molecule has 0 aliphatic heterocycles. The molecule has 112 valence electrons. The van der Waals surface area contributed by atoms with Gasteiger partial charge in [-0.05, 0) is 23.7 Å². The van der Waals surface area contributed by atoms with E-state index in [1.807, 2.05) is 6.07 Å². The topological polar surface area (TPSA) is 74.5 Å². The maximum absolute atomic E-state index is 12.6. The smallest absolute Gasteiger partial charge is 0.282 e. The summed E-state index contributed by atoms with van der Waals surface area (Å²) in [6, 6.07) is 3.63. The molecule has 0 bridgehead atoms. The van der Waals surface area contributed by atoms with Gasteiger partial charge in [-0.15, -0.1) is 0 Å². The van der Waals surface area contributed by atoms with E-state index in [0.717, 1.165) is 33.8 Å². The molecule has 3 aromatic heterocycles. The molecule has 0 atom stereocenters. The molecule has 8 heteroatoms. The van der Waals surface area contributed by atoms with Crippen LogP contribution in [0.3, 0.4) is 0 Å². The van der Waals surface area contributed by atoms with E-state index in [-0.39, 0.29) is 5.56 Å². The zero-order valence-electron chi connectivity index (χ0n) is 12.0. The minimum atomic E-state index is -0.270. The van der Waals surface area contributed by atoms with Crippen molar-refractivity contribution < 1.29 is 0 Å². The van der Waals surface area contributed by atoms with Crippen LogP contribution in [0.2, 0.25) is 0 Å². The van der Waals surface area contributed by atoms with Gasteiger partial charge in [0.2, 0.25) is 5.13 Å². The summed E-state index contributed by atoms with van der Waals surface area (Å²) in [6.07, 6.45) is 7.28. The summed E-state index contributed by atoms with van der Waals surface area (Å²) in [4.78, 5) is 18.0. The molecular formula is C15H11BN4OS2. The molecule has 3 heterocycles. The van der Waals surface area contributed by atoms with Crippen LogP contribution >= 0.6 is 22.7 Å². The zero-order chi connectivity index (χ0) is 16.0. The molecule has 0 saturated carbocycles. The fraction of sp³-hybridized carbons (Fsp3) is 0.133. The van der Waals surface area contributed by atoms with E-state index in [4.69, 9.17) is 13.3 Å². The highest BCUT2D eigenvalue weighted by Crippen LogP contribution is 2.23. The lowest BCUT2D eigenvalue weighted by Gasteiger charge is -1.95. The van der Waals surface area contributed by atoms with Crippen LogP contribution in [0.25, 0.3) is 27.9 Å². The Balaban J connectivity index is 1.94. The Kier molecular flexibility index (Phi) is 3.43. The molecule has 0 aromatic carbocycles. The Hall–Kier alpha value is -2.19. The van der Waals surface area contributed by atoms with E-state index in [2.05, 4.69) is 22.2 Å². The second kappa shape index (κ2) is 5.47. The molecular weight excluding hydrogens is 327 g/mol. The van der Waals surface area contributed by atoms with E-state index in [9.17, 15) is 4.79 Å². The first kappa shape index (κ1) is 14.4. The normalized spacial score (nSPS) is 13.2. The molecule has 5 nitrogen and oxygen atoms in total. The Labute approximate surface area is 140 Å². The van der Waals surface area contributed by atoms with Gasteiger partial charge < -0.3 is 5.41 Å². The van der Waals surface area contributed by atoms with Gasteiger partial charge in [0.25, 0.3) is 5.56 Å². The summed E-state index contributed by atoms with van der Waals surface area (Å²) >= 11 is 2.85. The van der Waals surface area contributed by atoms with Crippen molar-refractivity contribution >= 4 is 53.7 Å². The van der Waals surface area contributed by atoms with E-state index >= 15 is 0 Å². The fourth-order valence-corrected chi connectivity index (χ4v) is 4.33. The van der Waals surface area contributed by atoms with Crippen molar-refractivity contribution in [1.82, 2.24) is 14.8 Å². The number of thiazole rings is 1. The van der Waals surface area contributed by atoms with Crippen LogP contribution in [0.15, 0.2) is 16.9 Å². The van der Waals surface area contributed by atoms with E-state index in [0.29, 0.717) is 21.2 Å². The Morgan fingerprint density at radius 3 is 2.83 bits per heavy atom. The standard InChI is InChI=1S/C15H11BN4OS2/c16-12-6-5-11(22-12)13-8(7-17)14(21)20(19-13)15-18-9-3-1-2-4-10(9)23-15/h3-7,17,19H,1-2H2. The van der Waals surface area contributed by atoms with Crippen molar-refractivity contribution in [3.8, 4) is 15.7 Å². The lowest BCUT2D eigenvalue weighted by Crippen LogP contribution is -2.23. The van der Waals surface area contributed by atoms with Crippen LogP contribution in [-0.4, -0.2) is 28.8 Å². The van der Waals surface area contributed by atoms with Crippen LogP contribution in [0.1, 0.15) is 18.4 Å². The Morgan fingerprint density at radius 1 is 1.30 bits per heavy atom. The van der Waals surface area contributed by atoms with E-state index in [1.54, 1.807) is 6.07 Å². The van der Waals surface area contributed by atoms with Crippen molar-refractivity contribution in [2.24, 2.45) is 0 Å². The number of aromatic nitrogens is 3. The number of aromatic amines is 1. The molecule has 3 aromatic rings. The van der Waals surface area contributed by atoms with E-state index in [1.165, 1.54) is 27.4 Å².